The second-order valence-corrected chi connectivity index (χ2v) is 15.6. The maximum Gasteiger partial charge on any atom is 1.00 e. The van der Waals surface area contributed by atoms with Crippen LogP contribution in [0.25, 0.3) is 0 Å². The smallest absolute Gasteiger partial charge is 0.766 e. The van der Waals surface area contributed by atoms with Gasteiger partial charge in [-0.2, -0.15) is 4.98 Å². The number of nitrogens with one attached hydrogen (secondary N) is 1. The van der Waals surface area contributed by atoms with Gasteiger partial charge in [0.1, 0.15) is 12.5 Å². The molecule has 0 fully saturated rings. The van der Waals surface area contributed by atoms with Gasteiger partial charge in [0.05, 0.1) is 0 Å². The number of aromatic nitrogens is 3. The molecule has 0 saturated carbocycles. The van der Waals surface area contributed by atoms with Gasteiger partial charge < -0.3 is 14.6 Å². The quantitative estimate of drug-likeness (QED) is 0.319. The third kappa shape index (κ3) is 8.34. The first-order valence-electron chi connectivity index (χ1n) is 10.1. The predicted octanol–water partition coefficient (Wildman–Crippen LogP) is 1.96. The second-order valence-electron chi connectivity index (χ2n) is 9.19. The fraction of sp³-hybridized carbons (Fsp3) is 0.600. The first-order valence-corrected chi connectivity index (χ1v) is 14.9. The molecule has 1 N–H and O–H groups in total. The van der Waals surface area contributed by atoms with Crippen molar-refractivity contribution in [2.45, 2.75) is 77.1 Å². The van der Waals surface area contributed by atoms with Gasteiger partial charge in [0.15, 0.2) is 0 Å². The summed E-state index contributed by atoms with van der Waals surface area (Å²) < 4.78 is 44.2. The second kappa shape index (κ2) is 12.0. The van der Waals surface area contributed by atoms with E-state index in [4.69, 9.17) is 4.74 Å². The summed E-state index contributed by atoms with van der Waals surface area (Å²) in [5, 5.41) is 6.94. The van der Waals surface area contributed by atoms with Gasteiger partial charge in [-0.15, -0.1) is 5.10 Å². The van der Waals surface area contributed by atoms with E-state index in [1.54, 1.807) is 0 Å². The first-order chi connectivity index (χ1) is 13.9. The number of hydrogen-bond donors (Lipinski definition) is 1. The van der Waals surface area contributed by atoms with E-state index in [1.165, 1.54) is 16.8 Å². The Labute approximate surface area is 210 Å². The van der Waals surface area contributed by atoms with Gasteiger partial charge in [0, 0.05) is 31.4 Å². The summed E-state index contributed by atoms with van der Waals surface area (Å²) in [6.07, 6.45) is 0. The Kier molecular flexibility index (Phi) is 11.0. The third-order valence-electron chi connectivity index (χ3n) is 4.66. The van der Waals surface area contributed by atoms with Crippen LogP contribution < -0.4 is 34.9 Å². The summed E-state index contributed by atoms with van der Waals surface area (Å²) in [7, 11) is -1.25. The van der Waals surface area contributed by atoms with E-state index in [9.17, 15) is 13.2 Å². The van der Waals surface area contributed by atoms with Crippen molar-refractivity contribution in [1.82, 2.24) is 14.8 Å². The van der Waals surface area contributed by atoms with Crippen LogP contribution in [-0.4, -0.2) is 38.2 Å². The van der Waals surface area contributed by atoms with Gasteiger partial charge in [0.2, 0.25) is 11.1 Å². The van der Waals surface area contributed by atoms with E-state index in [2.05, 4.69) is 35.0 Å². The molecule has 0 amide bonds. The van der Waals surface area contributed by atoms with Crippen molar-refractivity contribution in [2.24, 2.45) is 0 Å². The van der Waals surface area contributed by atoms with Gasteiger partial charge in [-0.1, -0.05) is 47.3 Å². The van der Waals surface area contributed by atoms with Crippen LogP contribution in [0.4, 0.5) is 16.0 Å². The van der Waals surface area contributed by atoms with E-state index in [-0.39, 0.29) is 65.0 Å². The van der Waals surface area contributed by atoms with Crippen molar-refractivity contribution < 1.29 is 47.4 Å². The molecule has 1 unspecified atom stereocenters. The summed E-state index contributed by atoms with van der Waals surface area (Å²) in [6, 6.07) is 3.98. The SMILES string of the molecule is CC(C)c1cc(F)cc(C(C)C)c1Nc1nc(S(=O)[O-])nn1COCC[Si](C)(C)C.[Na+]. The molecule has 0 radical (unpaired) electrons. The minimum Gasteiger partial charge on any atom is -0.766 e. The molecule has 0 aliphatic carbocycles. The summed E-state index contributed by atoms with van der Waals surface area (Å²) in [6.45, 7) is 15.3. The molecule has 1 aromatic heterocycles. The van der Waals surface area contributed by atoms with Crippen LogP contribution in [0.15, 0.2) is 17.3 Å². The van der Waals surface area contributed by atoms with Crippen molar-refractivity contribution in [2.75, 3.05) is 11.9 Å². The maximum atomic E-state index is 14.2. The zero-order valence-corrected chi connectivity index (χ0v) is 23.6. The molecular formula is C20H32FN4NaO3SSi. The molecule has 2 rings (SSSR count). The minimum atomic E-state index is -2.57. The van der Waals surface area contributed by atoms with Crippen LogP contribution in [0, 0.1) is 5.82 Å². The van der Waals surface area contributed by atoms with Crippen molar-refractivity contribution in [1.29, 1.82) is 0 Å². The Morgan fingerprint density at radius 2 is 1.74 bits per heavy atom. The van der Waals surface area contributed by atoms with Crippen LogP contribution in [0.5, 0.6) is 0 Å². The van der Waals surface area contributed by atoms with E-state index < -0.39 is 19.2 Å². The monoisotopic (exact) mass is 478 g/mol. The summed E-state index contributed by atoms with van der Waals surface area (Å²) in [4.78, 5) is 4.12. The third-order valence-corrected chi connectivity index (χ3v) is 6.83. The van der Waals surface area contributed by atoms with Crippen LogP contribution in [-0.2, 0) is 22.5 Å². The molecule has 1 heterocycles. The zero-order valence-electron chi connectivity index (χ0n) is 19.8. The van der Waals surface area contributed by atoms with E-state index in [0.717, 1.165) is 22.9 Å². The molecule has 168 valence electrons. The number of benzene rings is 1. The van der Waals surface area contributed by atoms with E-state index in [1.807, 2.05) is 27.7 Å². The molecule has 1 atom stereocenters. The Bertz CT molecular complexity index is 874. The maximum absolute atomic E-state index is 14.2. The Morgan fingerprint density at radius 1 is 1.19 bits per heavy atom. The fourth-order valence-electron chi connectivity index (χ4n) is 2.92. The molecule has 7 nitrogen and oxygen atoms in total. The normalized spacial score (nSPS) is 12.9. The van der Waals surface area contributed by atoms with E-state index >= 15 is 0 Å². The molecule has 2 aromatic rings. The molecule has 0 bridgehead atoms. The summed E-state index contributed by atoms with van der Waals surface area (Å²) in [5.41, 5.74) is 2.30. The number of halogens is 1. The van der Waals surface area contributed by atoms with Crippen LogP contribution in [0.1, 0.15) is 50.7 Å². The molecule has 0 spiro atoms. The van der Waals surface area contributed by atoms with Gasteiger partial charge >= 0.3 is 29.6 Å². The average molecular weight is 479 g/mol. The van der Waals surface area contributed by atoms with Gasteiger partial charge in [-0.05, 0) is 41.1 Å². The van der Waals surface area contributed by atoms with Crippen molar-refractivity contribution in [3.05, 3.63) is 29.1 Å². The molecule has 31 heavy (non-hydrogen) atoms. The van der Waals surface area contributed by atoms with Gasteiger partial charge in [0.25, 0.3) is 0 Å². The number of ether oxygens (including phenoxy) is 1. The van der Waals surface area contributed by atoms with E-state index in [0.29, 0.717) is 6.61 Å². The number of anilines is 2. The summed E-state index contributed by atoms with van der Waals surface area (Å²) >= 11 is -2.57. The molecule has 0 aliphatic heterocycles. The Balaban J connectivity index is 0.00000480. The van der Waals surface area contributed by atoms with Crippen LogP contribution in [0.3, 0.4) is 0 Å². The van der Waals surface area contributed by atoms with Crippen LogP contribution in [0.2, 0.25) is 25.7 Å². The largest absolute Gasteiger partial charge is 1.00 e. The number of nitrogens with zero attached hydrogens (tertiary/aromatic N) is 3. The Morgan fingerprint density at radius 3 is 2.19 bits per heavy atom. The fourth-order valence-corrected chi connectivity index (χ4v) is 4.00. The van der Waals surface area contributed by atoms with Crippen molar-refractivity contribution in [3.63, 3.8) is 0 Å². The minimum absolute atomic E-state index is 0. The zero-order chi connectivity index (χ0) is 22.6. The Hall–Kier alpha value is -0.623. The van der Waals surface area contributed by atoms with Gasteiger partial charge in [-0.25, -0.2) is 9.07 Å². The molecule has 0 saturated heterocycles. The number of rotatable bonds is 10. The molecule has 1 aromatic carbocycles. The average Bonchev–Trinajstić information content (AvgIpc) is 3.01. The molecule has 0 aliphatic rings. The molecule has 11 heteroatoms. The van der Waals surface area contributed by atoms with Crippen molar-refractivity contribution in [3.8, 4) is 0 Å². The topological polar surface area (TPSA) is 92.1 Å². The van der Waals surface area contributed by atoms with Gasteiger partial charge in [-0.3, -0.25) is 4.21 Å². The van der Waals surface area contributed by atoms with Crippen LogP contribution >= 0.6 is 0 Å². The molecular weight excluding hydrogens is 446 g/mol. The summed E-state index contributed by atoms with van der Waals surface area (Å²) in [5.74, 6) is 0.0550. The standard InChI is InChI=1S/C20H33FN4O3SSi.Na/c1-13(2)16-10-15(21)11-17(14(3)4)18(16)22-19-23-20(29(26)27)24-25(19)12-28-8-9-30(5,6)7;/h10-11,13-14H,8-9,12H2,1-7H3,(H,26,27)(H,22,23,24);/q;+1/p-1. The predicted molar refractivity (Wildman–Crippen MR) is 119 cm³/mol. The van der Waals surface area contributed by atoms with Crippen molar-refractivity contribution >= 4 is 30.8 Å². The first kappa shape index (κ1) is 28.4. The number of hydrogen-bond acceptors (Lipinski definition) is 6.